The Bertz CT molecular complexity index is 719. The van der Waals surface area contributed by atoms with Gasteiger partial charge < -0.3 is 10.1 Å². The molecule has 2 aromatic rings. The minimum atomic E-state index is 0.147. The van der Waals surface area contributed by atoms with Crippen LogP contribution in [0.15, 0.2) is 36.4 Å². The second-order valence-corrected chi connectivity index (χ2v) is 7.51. The highest BCUT2D eigenvalue weighted by Crippen LogP contribution is 2.37. The molecule has 1 N–H and O–H groups in total. The first-order valence-corrected chi connectivity index (χ1v) is 9.91. The Balaban J connectivity index is 2.12. The number of hydrogen-bond donors (Lipinski definition) is 1. The van der Waals surface area contributed by atoms with Gasteiger partial charge >= 0.3 is 0 Å². The summed E-state index contributed by atoms with van der Waals surface area (Å²) in [5.41, 5.74) is 5.05. The highest BCUT2D eigenvalue weighted by molar-refractivity contribution is 6.30. The van der Waals surface area contributed by atoms with E-state index in [9.17, 15) is 0 Å². The van der Waals surface area contributed by atoms with Crippen molar-refractivity contribution >= 4 is 11.6 Å². The molecule has 1 atom stereocenters. The van der Waals surface area contributed by atoms with E-state index in [0.29, 0.717) is 6.61 Å². The molecule has 3 rings (SSSR count). The van der Waals surface area contributed by atoms with Crippen LogP contribution in [0.25, 0.3) is 0 Å². The molecule has 0 saturated carbocycles. The van der Waals surface area contributed by atoms with Crippen molar-refractivity contribution in [2.75, 3.05) is 32.8 Å². The molecule has 1 aliphatic rings. The zero-order valence-corrected chi connectivity index (χ0v) is 16.8. The maximum absolute atomic E-state index is 6.40. The summed E-state index contributed by atoms with van der Waals surface area (Å²) in [6.07, 6.45) is 1.14. The van der Waals surface area contributed by atoms with Crippen molar-refractivity contribution in [2.24, 2.45) is 0 Å². The van der Waals surface area contributed by atoms with Crippen LogP contribution in [0.3, 0.4) is 0 Å². The topological polar surface area (TPSA) is 24.5 Å². The molecule has 4 heteroatoms. The van der Waals surface area contributed by atoms with Gasteiger partial charge in [0.25, 0.3) is 0 Å². The molecule has 0 amide bonds. The highest BCUT2D eigenvalue weighted by atomic mass is 35.5. The van der Waals surface area contributed by atoms with Crippen LogP contribution in [0.5, 0.6) is 5.75 Å². The van der Waals surface area contributed by atoms with E-state index in [2.05, 4.69) is 48.3 Å². The summed E-state index contributed by atoms with van der Waals surface area (Å²) >= 11 is 6.40. The number of ether oxygens (including phenoxy) is 1. The van der Waals surface area contributed by atoms with E-state index < -0.39 is 0 Å². The van der Waals surface area contributed by atoms with Gasteiger partial charge in [0.15, 0.2) is 0 Å². The molecule has 0 radical (unpaired) electrons. The van der Waals surface area contributed by atoms with Gasteiger partial charge in [-0.25, -0.2) is 0 Å². The molecule has 0 bridgehead atoms. The lowest BCUT2D eigenvalue weighted by Crippen LogP contribution is -2.33. The SMILES string of the molecule is CCOc1ccc(Cl)cc1C(c1cc(C)cc(C)c1)N1CCCNCC1. The standard InChI is InChI=1S/C22H29ClN2O/c1-4-26-21-7-6-19(23)15-20(21)22(25-10-5-8-24-9-11-25)18-13-16(2)12-17(3)14-18/h6-7,12-15,22,24H,4-5,8-11H2,1-3H3. The quantitative estimate of drug-likeness (QED) is 0.820. The van der Waals surface area contributed by atoms with Gasteiger partial charge in [0.1, 0.15) is 5.75 Å². The summed E-state index contributed by atoms with van der Waals surface area (Å²) in [5, 5.41) is 4.27. The van der Waals surface area contributed by atoms with Gasteiger partial charge in [-0.05, 0) is 57.5 Å². The predicted octanol–water partition coefficient (Wildman–Crippen LogP) is 4.74. The van der Waals surface area contributed by atoms with Gasteiger partial charge in [0, 0.05) is 30.2 Å². The van der Waals surface area contributed by atoms with Crippen LogP contribution >= 0.6 is 11.6 Å². The Morgan fingerprint density at radius 1 is 1.08 bits per heavy atom. The normalized spacial score (nSPS) is 16.9. The highest BCUT2D eigenvalue weighted by Gasteiger charge is 2.26. The molecular formula is C22H29ClN2O. The smallest absolute Gasteiger partial charge is 0.124 e. The second-order valence-electron chi connectivity index (χ2n) is 7.08. The van der Waals surface area contributed by atoms with Gasteiger partial charge in [-0.15, -0.1) is 0 Å². The molecule has 1 unspecified atom stereocenters. The van der Waals surface area contributed by atoms with Gasteiger partial charge in [-0.3, -0.25) is 4.90 Å². The number of hydrogen-bond acceptors (Lipinski definition) is 3. The van der Waals surface area contributed by atoms with Crippen LogP contribution in [-0.4, -0.2) is 37.7 Å². The minimum absolute atomic E-state index is 0.147. The molecule has 3 nitrogen and oxygen atoms in total. The fourth-order valence-corrected chi connectivity index (χ4v) is 4.08. The Morgan fingerprint density at radius 2 is 1.85 bits per heavy atom. The van der Waals surface area contributed by atoms with Crippen LogP contribution in [0.1, 0.15) is 41.6 Å². The summed E-state index contributed by atoms with van der Waals surface area (Å²) in [6.45, 7) is 11.2. The first-order valence-electron chi connectivity index (χ1n) is 9.53. The van der Waals surface area contributed by atoms with Gasteiger partial charge in [0.2, 0.25) is 0 Å². The second kappa shape index (κ2) is 8.90. The van der Waals surface area contributed by atoms with Gasteiger partial charge in [-0.2, -0.15) is 0 Å². The maximum atomic E-state index is 6.40. The molecule has 1 saturated heterocycles. The number of benzene rings is 2. The average molecular weight is 373 g/mol. The average Bonchev–Trinajstić information content (AvgIpc) is 2.86. The van der Waals surface area contributed by atoms with Crippen molar-refractivity contribution in [3.8, 4) is 5.75 Å². The first kappa shape index (κ1) is 19.2. The van der Waals surface area contributed by atoms with Crippen LogP contribution in [0.4, 0.5) is 0 Å². The van der Waals surface area contributed by atoms with Crippen LogP contribution < -0.4 is 10.1 Å². The summed E-state index contributed by atoms with van der Waals surface area (Å²) < 4.78 is 5.98. The molecule has 0 aromatic heterocycles. The number of nitrogens with one attached hydrogen (secondary N) is 1. The van der Waals surface area contributed by atoms with E-state index in [1.807, 2.05) is 19.1 Å². The Morgan fingerprint density at radius 3 is 2.58 bits per heavy atom. The molecule has 0 aliphatic carbocycles. The van der Waals surface area contributed by atoms with Crippen LogP contribution in [-0.2, 0) is 0 Å². The third-order valence-electron chi connectivity index (χ3n) is 4.87. The maximum Gasteiger partial charge on any atom is 0.124 e. The Kier molecular flexibility index (Phi) is 6.58. The molecule has 1 fully saturated rings. The lowest BCUT2D eigenvalue weighted by Gasteiger charge is -2.33. The van der Waals surface area contributed by atoms with Crippen molar-refractivity contribution in [2.45, 2.75) is 33.2 Å². The molecule has 2 aromatic carbocycles. The number of rotatable bonds is 5. The van der Waals surface area contributed by atoms with Crippen molar-refractivity contribution in [3.63, 3.8) is 0 Å². The Labute approximate surface area is 162 Å². The van der Waals surface area contributed by atoms with E-state index in [-0.39, 0.29) is 6.04 Å². The van der Waals surface area contributed by atoms with Crippen molar-refractivity contribution in [1.29, 1.82) is 0 Å². The third-order valence-corrected chi connectivity index (χ3v) is 5.10. The third kappa shape index (κ3) is 4.59. The van der Waals surface area contributed by atoms with E-state index in [0.717, 1.165) is 48.9 Å². The zero-order valence-electron chi connectivity index (χ0n) is 16.0. The minimum Gasteiger partial charge on any atom is -0.494 e. The lowest BCUT2D eigenvalue weighted by molar-refractivity contribution is 0.233. The lowest BCUT2D eigenvalue weighted by atomic mass is 9.93. The van der Waals surface area contributed by atoms with E-state index in [4.69, 9.17) is 16.3 Å². The van der Waals surface area contributed by atoms with Crippen molar-refractivity contribution in [3.05, 3.63) is 63.7 Å². The summed E-state index contributed by atoms with van der Waals surface area (Å²) in [4.78, 5) is 2.56. The summed E-state index contributed by atoms with van der Waals surface area (Å²) in [6, 6.07) is 13.0. The largest absolute Gasteiger partial charge is 0.494 e. The number of halogens is 1. The summed E-state index contributed by atoms with van der Waals surface area (Å²) in [5.74, 6) is 0.929. The van der Waals surface area contributed by atoms with E-state index in [1.54, 1.807) is 0 Å². The Hall–Kier alpha value is -1.55. The predicted molar refractivity (Wildman–Crippen MR) is 109 cm³/mol. The molecular weight excluding hydrogens is 344 g/mol. The van der Waals surface area contributed by atoms with Gasteiger partial charge in [0.05, 0.1) is 12.6 Å². The van der Waals surface area contributed by atoms with Crippen LogP contribution in [0.2, 0.25) is 5.02 Å². The molecule has 1 aliphatic heterocycles. The first-order chi connectivity index (χ1) is 12.6. The fraction of sp³-hybridized carbons (Fsp3) is 0.455. The van der Waals surface area contributed by atoms with Gasteiger partial charge in [-0.1, -0.05) is 40.9 Å². The van der Waals surface area contributed by atoms with Crippen LogP contribution in [0, 0.1) is 13.8 Å². The number of nitrogens with zero attached hydrogens (tertiary/aromatic N) is 1. The summed E-state index contributed by atoms with van der Waals surface area (Å²) in [7, 11) is 0. The molecule has 0 spiro atoms. The monoisotopic (exact) mass is 372 g/mol. The van der Waals surface area contributed by atoms with E-state index >= 15 is 0 Å². The van der Waals surface area contributed by atoms with E-state index in [1.165, 1.54) is 16.7 Å². The molecule has 26 heavy (non-hydrogen) atoms. The fourth-order valence-electron chi connectivity index (χ4n) is 3.90. The van der Waals surface area contributed by atoms with Crippen molar-refractivity contribution in [1.82, 2.24) is 10.2 Å². The van der Waals surface area contributed by atoms with Crippen molar-refractivity contribution < 1.29 is 4.74 Å². The number of aryl methyl sites for hydroxylation is 2. The zero-order chi connectivity index (χ0) is 18.5. The molecule has 140 valence electrons. The molecule has 1 heterocycles.